The van der Waals surface area contributed by atoms with Crippen LogP contribution in [0, 0.1) is 5.41 Å². The molecule has 0 bridgehead atoms. The van der Waals surface area contributed by atoms with Crippen LogP contribution in [0.2, 0.25) is 0 Å². The van der Waals surface area contributed by atoms with Crippen LogP contribution >= 0.6 is 7.91 Å². The second-order valence-corrected chi connectivity index (χ2v) is 6.26. The zero-order chi connectivity index (χ0) is 15.7. The maximum absolute atomic E-state index is 12.8. The molecule has 5 nitrogen and oxygen atoms in total. The van der Waals surface area contributed by atoms with Gasteiger partial charge in [-0.2, -0.15) is 0 Å². The van der Waals surface area contributed by atoms with Crippen LogP contribution < -0.4 is 0 Å². The molecule has 2 N–H and O–H groups in total. The number of halogens is 2. The van der Waals surface area contributed by atoms with Crippen molar-refractivity contribution in [2.24, 2.45) is 5.41 Å². The van der Waals surface area contributed by atoms with E-state index in [1.807, 2.05) is 0 Å². The van der Waals surface area contributed by atoms with E-state index >= 15 is 0 Å². The van der Waals surface area contributed by atoms with Crippen molar-refractivity contribution < 1.29 is 32.2 Å². The van der Waals surface area contributed by atoms with Crippen LogP contribution in [0.25, 0.3) is 0 Å². The third kappa shape index (κ3) is 9.47. The molecule has 0 aliphatic rings. The summed E-state index contributed by atoms with van der Waals surface area (Å²) in [6.07, 6.45) is 3.44. The zero-order valence-electron chi connectivity index (χ0n) is 11.6. The molecular weight excluding hydrogens is 293 g/mol. The van der Waals surface area contributed by atoms with Gasteiger partial charge in [-0.05, 0) is 0 Å². The SMILES string of the molecule is C=CCOCC(CC)(COCC=C)COP(O)(O)(F)F. The molecule has 0 aromatic heterocycles. The predicted molar refractivity (Wildman–Crippen MR) is 74.3 cm³/mol. The van der Waals surface area contributed by atoms with Crippen molar-refractivity contribution >= 4 is 7.91 Å². The molecule has 0 aliphatic heterocycles. The summed E-state index contributed by atoms with van der Waals surface area (Å²) in [6, 6.07) is 0. The average Bonchev–Trinajstić information content (AvgIpc) is 2.34. The van der Waals surface area contributed by atoms with E-state index in [2.05, 4.69) is 17.7 Å². The summed E-state index contributed by atoms with van der Waals surface area (Å²) >= 11 is 0. The van der Waals surface area contributed by atoms with Crippen molar-refractivity contribution in [3.8, 4) is 0 Å². The molecule has 0 aliphatic carbocycles. The molecule has 0 radical (unpaired) electrons. The molecule has 0 aromatic rings. The van der Waals surface area contributed by atoms with Crippen LogP contribution in [-0.4, -0.2) is 42.8 Å². The third-order valence-corrected chi connectivity index (χ3v) is 3.18. The van der Waals surface area contributed by atoms with Crippen molar-refractivity contribution in [1.82, 2.24) is 0 Å². The molecule has 0 rings (SSSR count). The Morgan fingerprint density at radius 2 is 1.50 bits per heavy atom. The van der Waals surface area contributed by atoms with Crippen molar-refractivity contribution in [2.45, 2.75) is 13.3 Å². The van der Waals surface area contributed by atoms with E-state index < -0.39 is 19.9 Å². The van der Waals surface area contributed by atoms with Gasteiger partial charge in [-0.3, -0.25) is 0 Å². The summed E-state index contributed by atoms with van der Waals surface area (Å²) in [5.74, 6) is 0. The minimum atomic E-state index is -6.99. The zero-order valence-corrected chi connectivity index (χ0v) is 12.5. The molecule has 0 heterocycles. The molecule has 0 atom stereocenters. The second kappa shape index (κ2) is 8.12. The van der Waals surface area contributed by atoms with Gasteiger partial charge in [0.1, 0.15) is 0 Å². The van der Waals surface area contributed by atoms with Gasteiger partial charge in [-0.15, -0.1) is 0 Å². The summed E-state index contributed by atoms with van der Waals surface area (Å²) in [5.41, 5.74) is -0.904. The van der Waals surface area contributed by atoms with Crippen LogP contribution in [0.4, 0.5) is 8.39 Å². The van der Waals surface area contributed by atoms with Crippen molar-refractivity contribution in [3.63, 3.8) is 0 Å². The normalized spacial score (nSPS) is 14.6. The quantitative estimate of drug-likeness (QED) is 0.329. The van der Waals surface area contributed by atoms with Gasteiger partial charge in [0.15, 0.2) is 0 Å². The maximum atomic E-state index is 12.8. The second-order valence-electron chi connectivity index (χ2n) is 4.49. The number of rotatable bonds is 12. The fraction of sp³-hybridized carbons (Fsp3) is 0.667. The first kappa shape index (κ1) is 19.6. The van der Waals surface area contributed by atoms with Crippen LogP contribution in [0.3, 0.4) is 0 Å². The summed E-state index contributed by atoms with van der Waals surface area (Å²) in [4.78, 5) is 17.0. The topological polar surface area (TPSA) is 68.2 Å². The molecule has 0 saturated carbocycles. The Hall–Kier alpha value is -0.430. The summed E-state index contributed by atoms with van der Waals surface area (Å²) < 4.78 is 40.1. The van der Waals surface area contributed by atoms with Crippen molar-refractivity contribution in [3.05, 3.63) is 25.3 Å². The number of ether oxygens (including phenoxy) is 2. The van der Waals surface area contributed by atoms with Crippen molar-refractivity contribution in [2.75, 3.05) is 33.0 Å². The van der Waals surface area contributed by atoms with E-state index in [1.54, 1.807) is 6.92 Å². The van der Waals surface area contributed by atoms with Crippen LogP contribution in [-0.2, 0) is 14.0 Å². The van der Waals surface area contributed by atoms with E-state index in [-0.39, 0.29) is 26.4 Å². The van der Waals surface area contributed by atoms with Crippen LogP contribution in [0.15, 0.2) is 25.3 Å². The monoisotopic (exact) mass is 316 g/mol. The fourth-order valence-electron chi connectivity index (χ4n) is 1.39. The molecule has 20 heavy (non-hydrogen) atoms. The van der Waals surface area contributed by atoms with E-state index in [0.717, 1.165) is 0 Å². The van der Waals surface area contributed by atoms with Gasteiger partial charge in [0.25, 0.3) is 0 Å². The minimum absolute atomic E-state index is 0.0686. The Morgan fingerprint density at radius 1 is 1.05 bits per heavy atom. The third-order valence-electron chi connectivity index (χ3n) is 2.62. The molecule has 0 unspecified atom stereocenters. The molecule has 0 saturated heterocycles. The number of hydrogen-bond acceptors (Lipinski definition) is 5. The molecule has 0 amide bonds. The Morgan fingerprint density at radius 3 is 1.80 bits per heavy atom. The van der Waals surface area contributed by atoms with E-state index in [1.165, 1.54) is 12.2 Å². The Bertz CT molecular complexity index is 293. The Kier molecular flexibility index (Phi) is 7.95. The summed E-state index contributed by atoms with van der Waals surface area (Å²) in [7, 11) is -6.99. The first-order valence-corrected chi connectivity index (χ1v) is 7.96. The molecule has 0 fully saturated rings. The van der Waals surface area contributed by atoms with Gasteiger partial charge in [-0.25, -0.2) is 0 Å². The molecule has 120 valence electrons. The van der Waals surface area contributed by atoms with Crippen LogP contribution in [0.1, 0.15) is 13.3 Å². The molecule has 8 heteroatoms. The molecule has 0 aromatic carbocycles. The van der Waals surface area contributed by atoms with Gasteiger partial charge in [0.05, 0.1) is 0 Å². The predicted octanol–water partition coefficient (Wildman–Crippen LogP) is 2.86. The number of hydrogen-bond donors (Lipinski definition) is 2. The Balaban J connectivity index is 4.71. The van der Waals surface area contributed by atoms with Crippen LogP contribution in [0.5, 0.6) is 0 Å². The molecule has 0 spiro atoms. The van der Waals surface area contributed by atoms with Crippen molar-refractivity contribution in [1.29, 1.82) is 0 Å². The van der Waals surface area contributed by atoms with E-state index in [9.17, 15) is 8.39 Å². The fourth-order valence-corrected chi connectivity index (χ4v) is 1.88. The first-order chi connectivity index (χ1) is 9.14. The van der Waals surface area contributed by atoms with Gasteiger partial charge in [0, 0.05) is 0 Å². The van der Waals surface area contributed by atoms with E-state index in [0.29, 0.717) is 6.42 Å². The Labute approximate surface area is 118 Å². The first-order valence-electron chi connectivity index (χ1n) is 6.12. The summed E-state index contributed by atoms with van der Waals surface area (Å²) in [5, 5.41) is 0. The van der Waals surface area contributed by atoms with Gasteiger partial charge in [0.2, 0.25) is 0 Å². The summed E-state index contributed by atoms with van der Waals surface area (Å²) in [6.45, 7) is 8.76. The van der Waals surface area contributed by atoms with E-state index in [4.69, 9.17) is 19.3 Å². The average molecular weight is 316 g/mol. The van der Waals surface area contributed by atoms with Gasteiger partial charge in [-0.1, -0.05) is 0 Å². The van der Waals surface area contributed by atoms with Gasteiger partial charge < -0.3 is 0 Å². The molecular formula is C12H23F2O5P. The standard InChI is InChI=1S/C12H23F2O5P/c1-4-7-17-9-12(6-3,10-18-8-5-2)11-19-20(13,14,15)16/h4-5,15-16H,1-2,6-11H2,3H3. The van der Waals surface area contributed by atoms with Gasteiger partial charge >= 0.3 is 117 Å².